The second-order valence-electron chi connectivity index (χ2n) is 5.09. The van der Waals surface area contributed by atoms with Gasteiger partial charge in [-0.25, -0.2) is 4.98 Å². The summed E-state index contributed by atoms with van der Waals surface area (Å²) in [7, 11) is 0. The van der Waals surface area contributed by atoms with Crippen LogP contribution in [0.15, 0.2) is 23.7 Å². The Labute approximate surface area is 135 Å². The van der Waals surface area contributed by atoms with Gasteiger partial charge in [-0.15, -0.1) is 21.5 Å². The molecule has 3 heterocycles. The molecule has 3 rings (SSSR count). The van der Waals surface area contributed by atoms with Gasteiger partial charge >= 0.3 is 0 Å². The SMILES string of the molecule is Cc1ccc(Nc2nnc(C(C)(O)c3nc(C)cs3)s2)cn1. The zero-order chi connectivity index (χ0) is 15.7. The van der Waals surface area contributed by atoms with Gasteiger partial charge < -0.3 is 10.4 Å². The third kappa shape index (κ3) is 2.99. The van der Waals surface area contributed by atoms with Crippen LogP contribution < -0.4 is 5.32 Å². The molecule has 0 aromatic carbocycles. The maximum Gasteiger partial charge on any atom is 0.210 e. The fraction of sp³-hybridized carbons (Fsp3) is 0.286. The van der Waals surface area contributed by atoms with Gasteiger partial charge in [0.05, 0.1) is 11.9 Å². The molecular weight excluding hydrogens is 318 g/mol. The molecule has 3 aromatic heterocycles. The van der Waals surface area contributed by atoms with Gasteiger partial charge in [-0.1, -0.05) is 11.3 Å². The molecule has 1 atom stereocenters. The highest BCUT2D eigenvalue weighted by Crippen LogP contribution is 2.34. The van der Waals surface area contributed by atoms with Crippen molar-refractivity contribution in [3.63, 3.8) is 0 Å². The number of nitrogens with one attached hydrogen (secondary N) is 1. The normalized spacial score (nSPS) is 13.8. The molecule has 2 N–H and O–H groups in total. The van der Waals surface area contributed by atoms with Gasteiger partial charge in [0.1, 0.15) is 5.01 Å². The van der Waals surface area contributed by atoms with E-state index in [0.717, 1.165) is 17.1 Å². The summed E-state index contributed by atoms with van der Waals surface area (Å²) >= 11 is 2.71. The Hall–Kier alpha value is -1.90. The number of nitrogens with zero attached hydrogens (tertiary/aromatic N) is 4. The van der Waals surface area contributed by atoms with Crippen LogP contribution in [0.2, 0.25) is 0 Å². The van der Waals surface area contributed by atoms with Crippen LogP contribution >= 0.6 is 22.7 Å². The zero-order valence-corrected chi connectivity index (χ0v) is 14.0. The first-order valence-electron chi connectivity index (χ1n) is 6.64. The summed E-state index contributed by atoms with van der Waals surface area (Å²) in [5.74, 6) is 0. The molecule has 114 valence electrons. The molecule has 0 aliphatic rings. The van der Waals surface area contributed by atoms with Crippen molar-refractivity contribution in [3.8, 4) is 0 Å². The van der Waals surface area contributed by atoms with E-state index in [-0.39, 0.29) is 0 Å². The smallest absolute Gasteiger partial charge is 0.210 e. The maximum atomic E-state index is 10.7. The fourth-order valence-electron chi connectivity index (χ4n) is 1.80. The van der Waals surface area contributed by atoms with Crippen molar-refractivity contribution in [1.82, 2.24) is 20.2 Å². The highest BCUT2D eigenvalue weighted by Gasteiger charge is 2.33. The van der Waals surface area contributed by atoms with E-state index in [2.05, 4.69) is 25.5 Å². The molecule has 0 amide bonds. The maximum absolute atomic E-state index is 10.7. The van der Waals surface area contributed by atoms with E-state index in [0.29, 0.717) is 15.1 Å². The van der Waals surface area contributed by atoms with Gasteiger partial charge in [0.15, 0.2) is 10.6 Å². The number of hydrogen-bond acceptors (Lipinski definition) is 8. The summed E-state index contributed by atoms with van der Waals surface area (Å²) in [5, 5.41) is 25.6. The number of thiazole rings is 1. The Kier molecular flexibility index (Phi) is 3.90. The van der Waals surface area contributed by atoms with Crippen LogP contribution in [-0.4, -0.2) is 25.3 Å². The molecule has 22 heavy (non-hydrogen) atoms. The van der Waals surface area contributed by atoms with Crippen molar-refractivity contribution in [2.45, 2.75) is 26.4 Å². The van der Waals surface area contributed by atoms with E-state index >= 15 is 0 Å². The Balaban J connectivity index is 1.82. The molecule has 0 saturated heterocycles. The number of aryl methyl sites for hydroxylation is 2. The molecule has 0 spiro atoms. The van der Waals surface area contributed by atoms with E-state index in [4.69, 9.17) is 0 Å². The second kappa shape index (κ2) is 5.71. The summed E-state index contributed by atoms with van der Waals surface area (Å²) < 4.78 is 0. The third-order valence-electron chi connectivity index (χ3n) is 3.04. The first-order valence-corrected chi connectivity index (χ1v) is 8.33. The lowest BCUT2D eigenvalue weighted by atomic mass is 10.1. The summed E-state index contributed by atoms with van der Waals surface area (Å²) in [4.78, 5) is 8.56. The van der Waals surface area contributed by atoms with Gasteiger partial charge in [0.25, 0.3) is 0 Å². The first kappa shape index (κ1) is 15.0. The van der Waals surface area contributed by atoms with Gasteiger partial charge in [-0.05, 0) is 32.9 Å². The number of anilines is 2. The summed E-state index contributed by atoms with van der Waals surface area (Å²) in [6, 6.07) is 3.84. The van der Waals surface area contributed by atoms with Crippen LogP contribution in [0.3, 0.4) is 0 Å². The van der Waals surface area contributed by atoms with Crippen LogP contribution in [0.4, 0.5) is 10.8 Å². The van der Waals surface area contributed by atoms with E-state index in [9.17, 15) is 5.11 Å². The van der Waals surface area contributed by atoms with Gasteiger partial charge in [-0.3, -0.25) is 4.98 Å². The zero-order valence-electron chi connectivity index (χ0n) is 12.4. The van der Waals surface area contributed by atoms with Crippen LogP contribution in [0.1, 0.15) is 28.3 Å². The third-order valence-corrected chi connectivity index (χ3v) is 5.26. The van der Waals surface area contributed by atoms with E-state index < -0.39 is 5.60 Å². The van der Waals surface area contributed by atoms with E-state index in [1.807, 2.05) is 31.4 Å². The number of aromatic nitrogens is 4. The van der Waals surface area contributed by atoms with Gasteiger partial charge in [-0.2, -0.15) is 0 Å². The second-order valence-corrected chi connectivity index (χ2v) is 6.93. The minimum absolute atomic E-state index is 0.504. The fourth-order valence-corrected chi connectivity index (χ4v) is 3.54. The first-order chi connectivity index (χ1) is 10.4. The molecule has 0 bridgehead atoms. The molecule has 0 fully saturated rings. The van der Waals surface area contributed by atoms with Crippen molar-refractivity contribution < 1.29 is 5.11 Å². The molecular formula is C14H15N5OS2. The number of pyridine rings is 1. The molecule has 0 aliphatic heterocycles. The van der Waals surface area contributed by atoms with Gasteiger partial charge in [0.2, 0.25) is 5.13 Å². The summed E-state index contributed by atoms with van der Waals surface area (Å²) in [5.41, 5.74) is 1.43. The van der Waals surface area contributed by atoms with Crippen molar-refractivity contribution in [2.75, 3.05) is 5.32 Å². The topological polar surface area (TPSA) is 83.8 Å². The van der Waals surface area contributed by atoms with Crippen molar-refractivity contribution in [1.29, 1.82) is 0 Å². The highest BCUT2D eigenvalue weighted by molar-refractivity contribution is 7.15. The van der Waals surface area contributed by atoms with Crippen molar-refractivity contribution >= 4 is 33.5 Å². The quantitative estimate of drug-likeness (QED) is 0.763. The largest absolute Gasteiger partial charge is 0.376 e. The molecule has 3 aromatic rings. The van der Waals surface area contributed by atoms with Crippen molar-refractivity contribution in [3.05, 3.63) is 45.1 Å². The van der Waals surface area contributed by atoms with E-state index in [1.54, 1.807) is 13.1 Å². The summed E-state index contributed by atoms with van der Waals surface area (Å²) in [6.45, 7) is 5.51. The lowest BCUT2D eigenvalue weighted by Gasteiger charge is -2.16. The van der Waals surface area contributed by atoms with Gasteiger partial charge in [0, 0.05) is 16.8 Å². The van der Waals surface area contributed by atoms with Crippen LogP contribution in [0.25, 0.3) is 0 Å². The lowest BCUT2D eigenvalue weighted by Crippen LogP contribution is -2.22. The minimum atomic E-state index is -1.23. The minimum Gasteiger partial charge on any atom is -0.376 e. The number of aliphatic hydroxyl groups is 1. The summed E-state index contributed by atoms with van der Waals surface area (Å²) in [6.07, 6.45) is 1.73. The van der Waals surface area contributed by atoms with Crippen molar-refractivity contribution in [2.24, 2.45) is 0 Å². The molecule has 0 aliphatic carbocycles. The number of rotatable bonds is 4. The monoisotopic (exact) mass is 333 g/mol. The molecule has 0 saturated carbocycles. The van der Waals surface area contributed by atoms with Crippen LogP contribution in [0.5, 0.6) is 0 Å². The lowest BCUT2D eigenvalue weighted by molar-refractivity contribution is 0.101. The van der Waals surface area contributed by atoms with Crippen LogP contribution in [-0.2, 0) is 5.60 Å². The molecule has 0 radical (unpaired) electrons. The predicted octanol–water partition coefficient (Wildman–Crippen LogP) is 3.01. The molecule has 6 nitrogen and oxygen atoms in total. The average molecular weight is 333 g/mol. The molecule has 8 heteroatoms. The highest BCUT2D eigenvalue weighted by atomic mass is 32.1. The Bertz CT molecular complexity index is 779. The Morgan fingerprint density at radius 1 is 1.14 bits per heavy atom. The Morgan fingerprint density at radius 2 is 1.95 bits per heavy atom. The number of hydrogen-bond donors (Lipinski definition) is 2. The van der Waals surface area contributed by atoms with E-state index in [1.165, 1.54) is 22.7 Å². The predicted molar refractivity (Wildman–Crippen MR) is 87.7 cm³/mol. The van der Waals surface area contributed by atoms with Crippen LogP contribution in [0, 0.1) is 13.8 Å². The standard InChI is InChI=1S/C14H15N5OS2/c1-8-4-5-10(6-15-8)17-13-19-18-12(22-13)14(3,20)11-16-9(2)7-21-11/h4-7,20H,1-3H3,(H,17,19). The Morgan fingerprint density at radius 3 is 2.59 bits per heavy atom. The molecule has 1 unspecified atom stereocenters. The average Bonchev–Trinajstić information content (AvgIpc) is 3.11.